The normalized spacial score (nSPS) is 10.8. The van der Waals surface area contributed by atoms with Gasteiger partial charge in [-0.25, -0.2) is 0 Å². The van der Waals surface area contributed by atoms with Gasteiger partial charge < -0.3 is 10.1 Å². The van der Waals surface area contributed by atoms with Gasteiger partial charge >= 0.3 is 0 Å². The van der Waals surface area contributed by atoms with E-state index in [2.05, 4.69) is 57.3 Å². The molecule has 1 aromatic carbocycles. The van der Waals surface area contributed by atoms with Crippen LogP contribution in [-0.2, 0) is 13.2 Å². The first-order valence-electron chi connectivity index (χ1n) is 7.09. The Hall–Kier alpha value is -1.32. The fourth-order valence-corrected chi connectivity index (χ4v) is 3.10. The maximum absolute atomic E-state index is 5.99. The zero-order valence-corrected chi connectivity index (χ0v) is 13.6. The summed E-state index contributed by atoms with van der Waals surface area (Å²) < 4.78 is 5.99. The molecule has 0 aliphatic rings. The zero-order chi connectivity index (χ0) is 14.5. The minimum absolute atomic E-state index is 0.652. The molecule has 1 aromatic heterocycles. The van der Waals surface area contributed by atoms with Crippen LogP contribution in [-0.4, -0.2) is 6.54 Å². The lowest BCUT2D eigenvalue weighted by atomic mass is 10.1. The van der Waals surface area contributed by atoms with Crippen molar-refractivity contribution in [3.63, 3.8) is 0 Å². The van der Waals surface area contributed by atoms with E-state index in [0.717, 1.165) is 18.8 Å². The molecule has 0 saturated heterocycles. The van der Waals surface area contributed by atoms with E-state index >= 15 is 0 Å². The molecule has 1 N–H and O–H groups in total. The largest absolute Gasteiger partial charge is 0.489 e. The van der Waals surface area contributed by atoms with Crippen LogP contribution in [0.2, 0.25) is 0 Å². The molecule has 0 saturated carbocycles. The molecule has 1 heterocycles. The number of hydrogen-bond acceptors (Lipinski definition) is 3. The van der Waals surface area contributed by atoms with E-state index in [1.165, 1.54) is 26.4 Å². The third-order valence-corrected chi connectivity index (χ3v) is 4.44. The summed E-state index contributed by atoms with van der Waals surface area (Å²) in [6.45, 7) is 11.1. The lowest BCUT2D eigenvalue weighted by Gasteiger charge is -2.09. The Morgan fingerprint density at radius 2 is 1.95 bits per heavy atom. The first kappa shape index (κ1) is 15.1. The first-order chi connectivity index (χ1) is 9.60. The standard InChI is InChI=1S/C17H23NOS/c1-5-18-10-16-9-15(14(4)20-16)11-19-17-8-12(2)6-7-13(17)3/h6-9,18H,5,10-11H2,1-4H3. The molecule has 0 bridgehead atoms. The van der Waals surface area contributed by atoms with Gasteiger partial charge in [0.15, 0.2) is 0 Å². The Morgan fingerprint density at radius 3 is 2.70 bits per heavy atom. The smallest absolute Gasteiger partial charge is 0.122 e. The summed E-state index contributed by atoms with van der Waals surface area (Å²) in [4.78, 5) is 2.73. The average Bonchev–Trinajstić information content (AvgIpc) is 2.78. The summed E-state index contributed by atoms with van der Waals surface area (Å²) in [6, 6.07) is 8.60. The van der Waals surface area contributed by atoms with E-state index < -0.39 is 0 Å². The molecule has 0 amide bonds. The zero-order valence-electron chi connectivity index (χ0n) is 12.7. The van der Waals surface area contributed by atoms with Crippen molar-refractivity contribution >= 4 is 11.3 Å². The molecule has 2 aromatic rings. The van der Waals surface area contributed by atoms with E-state index in [1.807, 2.05) is 11.3 Å². The van der Waals surface area contributed by atoms with Crippen LogP contribution in [0.3, 0.4) is 0 Å². The monoisotopic (exact) mass is 289 g/mol. The van der Waals surface area contributed by atoms with Crippen molar-refractivity contribution in [2.75, 3.05) is 6.54 Å². The van der Waals surface area contributed by atoms with E-state index in [4.69, 9.17) is 4.74 Å². The van der Waals surface area contributed by atoms with Crippen molar-refractivity contribution in [3.8, 4) is 5.75 Å². The highest BCUT2D eigenvalue weighted by Gasteiger charge is 2.07. The minimum Gasteiger partial charge on any atom is -0.489 e. The Balaban J connectivity index is 2.03. The van der Waals surface area contributed by atoms with Gasteiger partial charge in [0, 0.05) is 21.9 Å². The van der Waals surface area contributed by atoms with Crippen molar-refractivity contribution in [1.82, 2.24) is 5.32 Å². The Bertz CT molecular complexity index is 574. The maximum Gasteiger partial charge on any atom is 0.122 e. The fraction of sp³-hybridized carbons (Fsp3) is 0.412. The number of nitrogens with one attached hydrogen (secondary N) is 1. The lowest BCUT2D eigenvalue weighted by molar-refractivity contribution is 0.303. The van der Waals surface area contributed by atoms with Crippen LogP contribution in [0.5, 0.6) is 5.75 Å². The van der Waals surface area contributed by atoms with Crippen LogP contribution in [0.1, 0.15) is 33.4 Å². The van der Waals surface area contributed by atoms with Crippen LogP contribution >= 0.6 is 11.3 Å². The van der Waals surface area contributed by atoms with Crippen LogP contribution in [0, 0.1) is 20.8 Å². The molecule has 20 heavy (non-hydrogen) atoms. The SMILES string of the molecule is CCNCc1cc(COc2cc(C)ccc2C)c(C)s1. The van der Waals surface area contributed by atoms with E-state index in [0.29, 0.717) is 6.61 Å². The van der Waals surface area contributed by atoms with Gasteiger partial charge in [0.1, 0.15) is 12.4 Å². The summed E-state index contributed by atoms with van der Waals surface area (Å²) in [5, 5.41) is 3.37. The molecular weight excluding hydrogens is 266 g/mol. The summed E-state index contributed by atoms with van der Waals surface area (Å²) in [5.74, 6) is 0.990. The van der Waals surface area contributed by atoms with Gasteiger partial charge in [0.2, 0.25) is 0 Å². The molecule has 2 rings (SSSR count). The van der Waals surface area contributed by atoms with Gasteiger partial charge in [-0.1, -0.05) is 19.1 Å². The molecule has 2 nitrogen and oxygen atoms in total. The fourth-order valence-electron chi connectivity index (χ4n) is 2.08. The van der Waals surface area contributed by atoms with Crippen molar-refractivity contribution in [1.29, 1.82) is 0 Å². The molecule has 0 fully saturated rings. The molecular formula is C17H23NOS. The first-order valence-corrected chi connectivity index (χ1v) is 7.90. The Labute approximate surface area is 125 Å². The second-order valence-corrected chi connectivity index (χ2v) is 6.47. The number of thiophene rings is 1. The van der Waals surface area contributed by atoms with Gasteiger partial charge in [-0.05, 0) is 50.6 Å². The number of aryl methyl sites for hydroxylation is 3. The molecule has 0 spiro atoms. The van der Waals surface area contributed by atoms with Gasteiger partial charge in [-0.2, -0.15) is 0 Å². The van der Waals surface area contributed by atoms with Crippen LogP contribution < -0.4 is 10.1 Å². The van der Waals surface area contributed by atoms with E-state index in [1.54, 1.807) is 0 Å². The second kappa shape index (κ2) is 6.91. The summed E-state index contributed by atoms with van der Waals surface area (Å²) >= 11 is 1.85. The molecule has 3 heteroatoms. The summed E-state index contributed by atoms with van der Waals surface area (Å²) in [6.07, 6.45) is 0. The third kappa shape index (κ3) is 3.84. The van der Waals surface area contributed by atoms with Crippen LogP contribution in [0.25, 0.3) is 0 Å². The highest BCUT2D eigenvalue weighted by Crippen LogP contribution is 2.25. The van der Waals surface area contributed by atoms with Gasteiger partial charge in [0.05, 0.1) is 0 Å². The molecule has 0 atom stereocenters. The van der Waals surface area contributed by atoms with Gasteiger partial charge in [-0.15, -0.1) is 11.3 Å². The molecule has 0 aliphatic heterocycles. The van der Waals surface area contributed by atoms with E-state index in [-0.39, 0.29) is 0 Å². The number of ether oxygens (including phenoxy) is 1. The Morgan fingerprint density at radius 1 is 1.15 bits per heavy atom. The molecule has 0 aliphatic carbocycles. The van der Waals surface area contributed by atoms with Crippen LogP contribution in [0.4, 0.5) is 0 Å². The third-order valence-electron chi connectivity index (χ3n) is 3.35. The predicted octanol–water partition coefficient (Wildman–Crippen LogP) is 4.36. The number of rotatable bonds is 6. The quantitative estimate of drug-likeness (QED) is 0.853. The number of hydrogen-bond donors (Lipinski definition) is 1. The lowest BCUT2D eigenvalue weighted by Crippen LogP contribution is -2.10. The van der Waals surface area contributed by atoms with Crippen molar-refractivity contribution in [2.45, 2.75) is 40.8 Å². The molecule has 108 valence electrons. The maximum atomic E-state index is 5.99. The minimum atomic E-state index is 0.652. The predicted molar refractivity (Wildman–Crippen MR) is 86.7 cm³/mol. The highest BCUT2D eigenvalue weighted by atomic mass is 32.1. The summed E-state index contributed by atoms with van der Waals surface area (Å²) in [5.41, 5.74) is 3.72. The van der Waals surface area contributed by atoms with Crippen LogP contribution in [0.15, 0.2) is 24.3 Å². The number of benzene rings is 1. The Kier molecular flexibility index (Phi) is 5.21. The summed E-state index contributed by atoms with van der Waals surface area (Å²) in [7, 11) is 0. The van der Waals surface area contributed by atoms with Gasteiger partial charge in [0.25, 0.3) is 0 Å². The van der Waals surface area contributed by atoms with Crippen molar-refractivity contribution in [2.24, 2.45) is 0 Å². The molecule has 0 unspecified atom stereocenters. The average molecular weight is 289 g/mol. The van der Waals surface area contributed by atoms with Crippen molar-refractivity contribution < 1.29 is 4.74 Å². The highest BCUT2D eigenvalue weighted by molar-refractivity contribution is 7.12. The van der Waals surface area contributed by atoms with Gasteiger partial charge in [-0.3, -0.25) is 0 Å². The molecule has 0 radical (unpaired) electrons. The van der Waals surface area contributed by atoms with Crippen molar-refractivity contribution in [3.05, 3.63) is 50.7 Å². The topological polar surface area (TPSA) is 21.3 Å². The second-order valence-electron chi connectivity index (χ2n) is 5.13. The van der Waals surface area contributed by atoms with E-state index in [9.17, 15) is 0 Å².